The van der Waals surface area contributed by atoms with Crippen LogP contribution in [-0.2, 0) is 6.61 Å². The summed E-state index contributed by atoms with van der Waals surface area (Å²) < 4.78 is 25.2. The van der Waals surface area contributed by atoms with Crippen LogP contribution in [0.3, 0.4) is 0 Å². The maximum absolute atomic E-state index is 13.4. The van der Waals surface area contributed by atoms with Gasteiger partial charge in [0.2, 0.25) is 0 Å². The van der Waals surface area contributed by atoms with E-state index in [-0.39, 0.29) is 18.1 Å². The molecule has 0 atom stereocenters. The fraction of sp³-hybridized carbons (Fsp3) is 0.0870. The Morgan fingerprint density at radius 2 is 1.94 bits per heavy atom. The minimum absolute atomic E-state index is 0.0521. The number of benzene rings is 3. The van der Waals surface area contributed by atoms with Gasteiger partial charge in [0.1, 0.15) is 12.4 Å². The second-order valence-electron chi connectivity index (χ2n) is 6.42. The molecular formula is C23H16BrFN2O4. The van der Waals surface area contributed by atoms with Crippen molar-refractivity contribution in [1.29, 1.82) is 5.26 Å². The number of methoxy groups -OCH3 is 1. The first-order chi connectivity index (χ1) is 14.9. The Bertz CT molecular complexity index is 1190. The van der Waals surface area contributed by atoms with E-state index in [1.165, 1.54) is 43.5 Å². The summed E-state index contributed by atoms with van der Waals surface area (Å²) in [5.74, 6) is 0.543. The monoisotopic (exact) mass is 482 g/mol. The lowest BCUT2D eigenvalue weighted by molar-refractivity contribution is -0.384. The molecule has 6 nitrogen and oxygen atoms in total. The van der Waals surface area contributed by atoms with Crippen LogP contribution in [0.4, 0.5) is 10.1 Å². The smallest absolute Gasteiger partial charge is 0.269 e. The first-order valence-corrected chi connectivity index (χ1v) is 9.82. The maximum Gasteiger partial charge on any atom is 0.269 e. The van der Waals surface area contributed by atoms with E-state index >= 15 is 0 Å². The van der Waals surface area contributed by atoms with Crippen molar-refractivity contribution < 1.29 is 18.8 Å². The van der Waals surface area contributed by atoms with Crippen molar-refractivity contribution in [3.05, 3.63) is 97.8 Å². The predicted octanol–water partition coefficient (Wildman–Crippen LogP) is 6.15. The standard InChI is InChI=1S/C23H16BrFN2O4/c1-30-22-11-17(10-18(13-26)16-5-7-20(8-6-16)27(28)29)21(24)12-23(22)31-14-15-3-2-4-19(25)9-15/h2-12H,14H2,1H3/b18-10-. The van der Waals surface area contributed by atoms with Crippen molar-refractivity contribution in [3.63, 3.8) is 0 Å². The summed E-state index contributed by atoms with van der Waals surface area (Å²) >= 11 is 3.47. The second-order valence-corrected chi connectivity index (χ2v) is 7.27. The molecule has 0 saturated heterocycles. The van der Waals surface area contributed by atoms with Crippen LogP contribution in [-0.4, -0.2) is 12.0 Å². The molecule has 156 valence electrons. The third-order valence-electron chi connectivity index (χ3n) is 4.38. The fourth-order valence-electron chi connectivity index (χ4n) is 2.82. The fourth-order valence-corrected chi connectivity index (χ4v) is 3.26. The van der Waals surface area contributed by atoms with Crippen molar-refractivity contribution in [1.82, 2.24) is 0 Å². The van der Waals surface area contributed by atoms with E-state index in [0.29, 0.717) is 38.2 Å². The number of allylic oxidation sites excluding steroid dienone is 1. The van der Waals surface area contributed by atoms with Gasteiger partial charge in [0.05, 0.1) is 23.7 Å². The van der Waals surface area contributed by atoms with Gasteiger partial charge in [-0.2, -0.15) is 5.26 Å². The first-order valence-electron chi connectivity index (χ1n) is 9.02. The molecular weight excluding hydrogens is 467 g/mol. The minimum Gasteiger partial charge on any atom is -0.493 e. The zero-order valence-electron chi connectivity index (χ0n) is 16.3. The van der Waals surface area contributed by atoms with E-state index in [4.69, 9.17) is 9.47 Å². The third kappa shape index (κ3) is 5.47. The number of hydrogen-bond acceptors (Lipinski definition) is 5. The number of nitrogens with zero attached hydrogens (tertiary/aromatic N) is 2. The molecule has 0 amide bonds. The Balaban J connectivity index is 1.88. The Kier molecular flexibility index (Phi) is 7.00. The number of nitro benzene ring substituents is 1. The quantitative estimate of drug-likeness (QED) is 0.174. The third-order valence-corrected chi connectivity index (χ3v) is 5.06. The lowest BCUT2D eigenvalue weighted by Gasteiger charge is -2.13. The second kappa shape index (κ2) is 9.87. The van der Waals surface area contributed by atoms with Gasteiger partial charge in [-0.25, -0.2) is 4.39 Å². The first kappa shape index (κ1) is 22.0. The van der Waals surface area contributed by atoms with Gasteiger partial charge < -0.3 is 9.47 Å². The zero-order chi connectivity index (χ0) is 22.4. The highest BCUT2D eigenvalue weighted by molar-refractivity contribution is 9.10. The summed E-state index contributed by atoms with van der Waals surface area (Å²) in [6.45, 7) is 0.155. The number of nitriles is 1. The number of halogens is 2. The molecule has 0 unspecified atom stereocenters. The summed E-state index contributed by atoms with van der Waals surface area (Å²) in [4.78, 5) is 10.3. The van der Waals surface area contributed by atoms with Crippen LogP contribution in [0.1, 0.15) is 16.7 Å². The SMILES string of the molecule is COc1cc(/C=C(/C#N)c2ccc([N+](=O)[O-])cc2)c(Br)cc1OCc1cccc(F)c1. The molecule has 31 heavy (non-hydrogen) atoms. The Morgan fingerprint density at radius 3 is 2.55 bits per heavy atom. The van der Waals surface area contributed by atoms with Crippen LogP contribution in [0.2, 0.25) is 0 Å². The summed E-state index contributed by atoms with van der Waals surface area (Å²) in [5, 5.41) is 20.4. The van der Waals surface area contributed by atoms with E-state index in [0.717, 1.165) is 0 Å². The van der Waals surface area contributed by atoms with Crippen LogP contribution < -0.4 is 9.47 Å². The molecule has 3 aromatic carbocycles. The number of non-ortho nitro benzene ring substituents is 1. The number of nitro groups is 1. The van der Waals surface area contributed by atoms with Crippen molar-refractivity contribution in [2.45, 2.75) is 6.61 Å². The zero-order valence-corrected chi connectivity index (χ0v) is 17.9. The van der Waals surface area contributed by atoms with E-state index in [1.54, 1.807) is 30.3 Å². The Morgan fingerprint density at radius 1 is 1.19 bits per heavy atom. The lowest BCUT2D eigenvalue weighted by atomic mass is 10.0. The van der Waals surface area contributed by atoms with Crippen LogP contribution >= 0.6 is 15.9 Å². The van der Waals surface area contributed by atoms with Gasteiger partial charge in [0.15, 0.2) is 11.5 Å². The van der Waals surface area contributed by atoms with Gasteiger partial charge >= 0.3 is 0 Å². The van der Waals surface area contributed by atoms with E-state index in [2.05, 4.69) is 22.0 Å². The van der Waals surface area contributed by atoms with Gasteiger partial charge in [-0.1, -0.05) is 28.1 Å². The van der Waals surface area contributed by atoms with Crippen molar-refractivity contribution >= 4 is 33.3 Å². The molecule has 8 heteroatoms. The van der Waals surface area contributed by atoms with Crippen molar-refractivity contribution in [3.8, 4) is 17.6 Å². The highest BCUT2D eigenvalue weighted by Gasteiger charge is 2.12. The molecule has 0 fully saturated rings. The summed E-state index contributed by atoms with van der Waals surface area (Å²) in [6, 6.07) is 17.4. The van der Waals surface area contributed by atoms with Gasteiger partial charge in [0, 0.05) is 16.6 Å². The molecule has 0 N–H and O–H groups in total. The van der Waals surface area contributed by atoms with E-state index in [1.807, 2.05) is 0 Å². The highest BCUT2D eigenvalue weighted by atomic mass is 79.9. The van der Waals surface area contributed by atoms with Gasteiger partial charge in [0.25, 0.3) is 5.69 Å². The molecule has 0 bridgehead atoms. The lowest BCUT2D eigenvalue weighted by Crippen LogP contribution is -1.99. The van der Waals surface area contributed by atoms with E-state index in [9.17, 15) is 19.8 Å². The molecule has 0 aromatic heterocycles. The molecule has 0 spiro atoms. The Labute approximate surface area is 186 Å². The van der Waals surface area contributed by atoms with Gasteiger partial charge in [-0.3, -0.25) is 10.1 Å². The Hall–Kier alpha value is -3.70. The molecule has 3 aromatic rings. The van der Waals surface area contributed by atoms with Crippen LogP contribution in [0.15, 0.2) is 65.1 Å². The average molecular weight is 483 g/mol. The maximum atomic E-state index is 13.4. The summed E-state index contributed by atoms with van der Waals surface area (Å²) in [7, 11) is 1.49. The topological polar surface area (TPSA) is 85.4 Å². The normalized spacial score (nSPS) is 11.0. The van der Waals surface area contributed by atoms with Gasteiger partial charge in [-0.15, -0.1) is 0 Å². The van der Waals surface area contributed by atoms with Crippen LogP contribution in [0.5, 0.6) is 11.5 Å². The molecule has 0 aliphatic heterocycles. The van der Waals surface area contributed by atoms with Crippen LogP contribution in [0.25, 0.3) is 11.6 Å². The van der Waals surface area contributed by atoms with Crippen molar-refractivity contribution in [2.75, 3.05) is 7.11 Å². The largest absolute Gasteiger partial charge is 0.493 e. The molecule has 0 aliphatic carbocycles. The van der Waals surface area contributed by atoms with E-state index < -0.39 is 4.92 Å². The summed E-state index contributed by atoms with van der Waals surface area (Å²) in [5.41, 5.74) is 2.15. The molecule has 0 heterocycles. The number of ether oxygens (including phenoxy) is 2. The van der Waals surface area contributed by atoms with Crippen molar-refractivity contribution in [2.24, 2.45) is 0 Å². The minimum atomic E-state index is -0.496. The summed E-state index contributed by atoms with van der Waals surface area (Å²) in [6.07, 6.45) is 1.64. The highest BCUT2D eigenvalue weighted by Crippen LogP contribution is 2.36. The molecule has 0 saturated carbocycles. The average Bonchev–Trinajstić information content (AvgIpc) is 2.77. The number of rotatable bonds is 7. The predicted molar refractivity (Wildman–Crippen MR) is 118 cm³/mol. The van der Waals surface area contributed by atoms with Gasteiger partial charge in [-0.05, 0) is 59.2 Å². The van der Waals surface area contributed by atoms with Crippen LogP contribution in [0, 0.1) is 27.3 Å². The molecule has 3 rings (SSSR count). The number of hydrogen-bond donors (Lipinski definition) is 0. The molecule has 0 radical (unpaired) electrons. The molecule has 0 aliphatic rings.